The van der Waals surface area contributed by atoms with E-state index in [9.17, 15) is 13.2 Å². The fourth-order valence-corrected chi connectivity index (χ4v) is 1.61. The minimum absolute atomic E-state index is 0.0201. The van der Waals surface area contributed by atoms with E-state index in [1.54, 1.807) is 0 Å². The molecule has 3 nitrogen and oxygen atoms in total. The average molecular weight is 255 g/mol. The van der Waals surface area contributed by atoms with Gasteiger partial charge < -0.3 is 14.6 Å². The van der Waals surface area contributed by atoms with Crippen molar-refractivity contribution in [2.75, 3.05) is 6.79 Å². The molecule has 0 aliphatic carbocycles. The Morgan fingerprint density at radius 2 is 2.00 bits per heavy atom. The van der Waals surface area contributed by atoms with Crippen LogP contribution in [0.25, 0.3) is 0 Å². The largest absolute Gasteiger partial charge is 0.454 e. The van der Waals surface area contributed by atoms with Crippen LogP contribution in [0.1, 0.15) is 11.7 Å². The molecule has 0 unspecified atom stereocenters. The predicted octanol–water partition coefficient (Wildman–Crippen LogP) is 2.66. The molecule has 1 aliphatic heterocycles. The van der Waals surface area contributed by atoms with Crippen LogP contribution in [-0.2, 0) is 0 Å². The third kappa shape index (κ3) is 1.90. The van der Waals surface area contributed by atoms with Crippen LogP contribution in [0.15, 0.2) is 12.1 Å². The summed E-state index contributed by atoms with van der Waals surface area (Å²) in [6.45, 7) is -0.0966. The van der Waals surface area contributed by atoms with Crippen molar-refractivity contribution in [1.82, 2.24) is 0 Å². The standard InChI is InChI=1S/C9H6ClF3O3/c10-5-1-4(8(14)9(11,12)13)2-6-7(5)16-3-15-6/h1-2,8,14H,3H2/t8-/m0/s1. The van der Waals surface area contributed by atoms with Crippen LogP contribution in [0.2, 0.25) is 5.02 Å². The number of halogens is 4. The maximum absolute atomic E-state index is 12.3. The summed E-state index contributed by atoms with van der Waals surface area (Å²) >= 11 is 5.69. The summed E-state index contributed by atoms with van der Waals surface area (Å²) < 4.78 is 46.6. The maximum Gasteiger partial charge on any atom is 0.418 e. The van der Waals surface area contributed by atoms with E-state index in [1.165, 1.54) is 0 Å². The number of ether oxygens (including phenoxy) is 2. The molecule has 0 saturated carbocycles. The number of aliphatic hydroxyl groups excluding tert-OH is 1. The lowest BCUT2D eigenvalue weighted by Gasteiger charge is -2.15. The molecule has 0 amide bonds. The van der Waals surface area contributed by atoms with E-state index in [1.807, 2.05) is 0 Å². The fraction of sp³-hybridized carbons (Fsp3) is 0.333. The summed E-state index contributed by atoms with van der Waals surface area (Å²) in [5.41, 5.74) is -0.373. The lowest BCUT2D eigenvalue weighted by molar-refractivity contribution is -0.206. The molecule has 0 saturated heterocycles. The number of alkyl halides is 3. The Bertz CT molecular complexity index is 419. The Morgan fingerprint density at radius 1 is 1.31 bits per heavy atom. The molecule has 88 valence electrons. The van der Waals surface area contributed by atoms with Gasteiger partial charge in [-0.05, 0) is 17.7 Å². The first-order valence-electron chi connectivity index (χ1n) is 4.23. The molecule has 1 N–H and O–H groups in total. The van der Waals surface area contributed by atoms with Crippen LogP contribution >= 0.6 is 11.6 Å². The van der Waals surface area contributed by atoms with Gasteiger partial charge in [0.2, 0.25) is 6.79 Å². The lowest BCUT2D eigenvalue weighted by Crippen LogP contribution is -2.20. The van der Waals surface area contributed by atoms with Crippen molar-refractivity contribution in [2.45, 2.75) is 12.3 Å². The second kappa shape index (κ2) is 3.71. The van der Waals surface area contributed by atoms with Gasteiger partial charge in [-0.15, -0.1) is 0 Å². The molecular formula is C9H6ClF3O3. The summed E-state index contributed by atoms with van der Waals surface area (Å²) in [6, 6.07) is 2.07. The number of rotatable bonds is 1. The van der Waals surface area contributed by atoms with Gasteiger partial charge in [-0.3, -0.25) is 0 Å². The van der Waals surface area contributed by atoms with Crippen LogP contribution in [0, 0.1) is 0 Å². The van der Waals surface area contributed by atoms with Crippen molar-refractivity contribution >= 4 is 11.6 Å². The minimum atomic E-state index is -4.74. The molecule has 0 bridgehead atoms. The normalized spacial score (nSPS) is 16.3. The Labute approximate surface area is 93.3 Å². The van der Waals surface area contributed by atoms with E-state index in [2.05, 4.69) is 0 Å². The topological polar surface area (TPSA) is 38.7 Å². The molecule has 7 heteroatoms. The van der Waals surface area contributed by atoms with Crippen LogP contribution in [0.4, 0.5) is 13.2 Å². The monoisotopic (exact) mass is 254 g/mol. The highest BCUT2D eigenvalue weighted by molar-refractivity contribution is 6.32. The molecular weight excluding hydrogens is 249 g/mol. The van der Waals surface area contributed by atoms with Crippen LogP contribution in [-0.4, -0.2) is 18.1 Å². The van der Waals surface area contributed by atoms with Gasteiger partial charge in [-0.1, -0.05) is 11.6 Å². The van der Waals surface area contributed by atoms with Crippen LogP contribution in [0.5, 0.6) is 11.5 Å². The highest BCUT2D eigenvalue weighted by atomic mass is 35.5. The average Bonchev–Trinajstić information content (AvgIpc) is 2.63. The molecule has 0 spiro atoms. The predicted molar refractivity (Wildman–Crippen MR) is 48.6 cm³/mol. The third-order valence-electron chi connectivity index (χ3n) is 2.08. The van der Waals surface area contributed by atoms with Crippen molar-refractivity contribution in [3.8, 4) is 11.5 Å². The van der Waals surface area contributed by atoms with Crippen molar-refractivity contribution in [1.29, 1.82) is 0 Å². The molecule has 16 heavy (non-hydrogen) atoms. The van der Waals surface area contributed by atoms with Gasteiger partial charge in [-0.2, -0.15) is 13.2 Å². The zero-order valence-corrected chi connectivity index (χ0v) is 8.47. The number of aliphatic hydroxyl groups is 1. The molecule has 0 fully saturated rings. The number of hydrogen-bond acceptors (Lipinski definition) is 3. The summed E-state index contributed by atoms with van der Waals surface area (Å²) in [5.74, 6) is 0.297. The van der Waals surface area contributed by atoms with Crippen molar-refractivity contribution in [3.05, 3.63) is 22.7 Å². The maximum atomic E-state index is 12.3. The van der Waals surface area contributed by atoms with Gasteiger partial charge in [-0.25, -0.2) is 0 Å². The summed E-state index contributed by atoms with van der Waals surface area (Å²) in [4.78, 5) is 0. The number of benzene rings is 1. The third-order valence-corrected chi connectivity index (χ3v) is 2.36. The molecule has 1 aliphatic rings. The Kier molecular flexibility index (Phi) is 2.63. The van der Waals surface area contributed by atoms with Crippen LogP contribution in [0.3, 0.4) is 0 Å². The summed E-state index contributed by atoms with van der Waals surface area (Å²) in [7, 11) is 0. The first kappa shape index (κ1) is 11.3. The summed E-state index contributed by atoms with van der Waals surface area (Å²) in [6.07, 6.45) is -7.32. The second-order valence-electron chi connectivity index (χ2n) is 3.18. The molecule has 1 atom stereocenters. The highest BCUT2D eigenvalue weighted by Gasteiger charge is 2.40. The van der Waals surface area contributed by atoms with Gasteiger partial charge in [0.15, 0.2) is 17.6 Å². The minimum Gasteiger partial charge on any atom is -0.454 e. The van der Waals surface area contributed by atoms with E-state index in [0.29, 0.717) is 0 Å². The SMILES string of the molecule is O[C@@H](c1cc(Cl)c2c(c1)OCO2)C(F)(F)F. The lowest BCUT2D eigenvalue weighted by atomic mass is 10.1. The summed E-state index contributed by atoms with van der Waals surface area (Å²) in [5, 5.41) is 9.01. The first-order valence-corrected chi connectivity index (χ1v) is 4.61. The number of fused-ring (bicyclic) bond motifs is 1. The molecule has 2 rings (SSSR count). The molecule has 1 aromatic carbocycles. The van der Waals surface area contributed by atoms with Crippen molar-refractivity contribution in [3.63, 3.8) is 0 Å². The Morgan fingerprint density at radius 3 is 2.62 bits per heavy atom. The van der Waals surface area contributed by atoms with Crippen molar-refractivity contribution < 1.29 is 27.8 Å². The van der Waals surface area contributed by atoms with Gasteiger partial charge in [0, 0.05) is 0 Å². The molecule has 0 aromatic heterocycles. The zero-order chi connectivity index (χ0) is 11.9. The second-order valence-corrected chi connectivity index (χ2v) is 3.59. The van der Waals surface area contributed by atoms with Gasteiger partial charge in [0.05, 0.1) is 5.02 Å². The number of hydrogen-bond donors (Lipinski definition) is 1. The Hall–Kier alpha value is -1.14. The van der Waals surface area contributed by atoms with E-state index >= 15 is 0 Å². The quantitative estimate of drug-likeness (QED) is 0.837. The van der Waals surface area contributed by atoms with Gasteiger partial charge >= 0.3 is 6.18 Å². The van der Waals surface area contributed by atoms with E-state index in [0.717, 1.165) is 12.1 Å². The zero-order valence-electron chi connectivity index (χ0n) is 7.71. The van der Waals surface area contributed by atoms with E-state index in [4.69, 9.17) is 26.2 Å². The smallest absolute Gasteiger partial charge is 0.418 e. The molecule has 1 aromatic rings. The fourth-order valence-electron chi connectivity index (χ4n) is 1.33. The Balaban J connectivity index is 2.41. The van der Waals surface area contributed by atoms with E-state index < -0.39 is 12.3 Å². The van der Waals surface area contributed by atoms with Crippen LogP contribution < -0.4 is 9.47 Å². The van der Waals surface area contributed by atoms with Crippen molar-refractivity contribution in [2.24, 2.45) is 0 Å². The van der Waals surface area contributed by atoms with E-state index in [-0.39, 0.29) is 28.9 Å². The first-order chi connectivity index (χ1) is 7.39. The molecule has 0 radical (unpaired) electrons. The van der Waals surface area contributed by atoms with Gasteiger partial charge in [0.1, 0.15) is 0 Å². The molecule has 1 heterocycles. The highest BCUT2D eigenvalue weighted by Crippen LogP contribution is 2.43. The van der Waals surface area contributed by atoms with Gasteiger partial charge in [0.25, 0.3) is 0 Å².